The molecule has 2 aromatic rings. The van der Waals surface area contributed by atoms with Crippen molar-refractivity contribution in [3.05, 3.63) is 63.7 Å². The van der Waals surface area contributed by atoms with Crippen LogP contribution in [0.5, 0.6) is 5.75 Å². The standard InChI is InChI=1S/C17H16N2O5/c1-2-13-5-3-4-6-14(13)18-17(21)11-24-16-8-7-12(10-20)9-15(16)19(22)23/h3-10H,2,11H2,1H3,(H,18,21). The van der Waals surface area contributed by atoms with Gasteiger partial charge >= 0.3 is 5.69 Å². The average molecular weight is 328 g/mol. The molecule has 7 nitrogen and oxygen atoms in total. The van der Waals surface area contributed by atoms with Crippen molar-refractivity contribution in [2.45, 2.75) is 13.3 Å². The van der Waals surface area contributed by atoms with Gasteiger partial charge in [-0.05, 0) is 30.2 Å². The maximum atomic E-state index is 12.0. The van der Waals surface area contributed by atoms with E-state index in [1.54, 1.807) is 12.1 Å². The smallest absolute Gasteiger partial charge is 0.311 e. The predicted molar refractivity (Wildman–Crippen MR) is 88.4 cm³/mol. The molecule has 24 heavy (non-hydrogen) atoms. The van der Waals surface area contributed by atoms with Crippen LogP contribution in [0.25, 0.3) is 0 Å². The van der Waals surface area contributed by atoms with E-state index in [0.717, 1.165) is 18.1 Å². The maximum Gasteiger partial charge on any atom is 0.311 e. The van der Waals surface area contributed by atoms with Gasteiger partial charge in [0.1, 0.15) is 6.29 Å². The van der Waals surface area contributed by atoms with Crippen LogP contribution >= 0.6 is 0 Å². The molecule has 0 spiro atoms. The molecule has 7 heteroatoms. The van der Waals surface area contributed by atoms with Gasteiger partial charge < -0.3 is 10.1 Å². The Balaban J connectivity index is 2.06. The molecule has 2 aromatic carbocycles. The zero-order chi connectivity index (χ0) is 17.5. The first-order valence-electron chi connectivity index (χ1n) is 7.29. The molecule has 1 N–H and O–H groups in total. The fraction of sp³-hybridized carbons (Fsp3) is 0.176. The second kappa shape index (κ2) is 7.87. The molecule has 0 radical (unpaired) electrons. The highest BCUT2D eigenvalue weighted by Gasteiger charge is 2.17. The van der Waals surface area contributed by atoms with E-state index in [1.807, 2.05) is 19.1 Å². The summed E-state index contributed by atoms with van der Waals surface area (Å²) < 4.78 is 5.24. The Hall–Kier alpha value is -3.22. The van der Waals surface area contributed by atoms with Crippen molar-refractivity contribution in [2.75, 3.05) is 11.9 Å². The molecule has 2 rings (SSSR count). The quantitative estimate of drug-likeness (QED) is 0.478. The number of carbonyl (C=O) groups is 2. The topological polar surface area (TPSA) is 98.5 Å². The van der Waals surface area contributed by atoms with Crippen molar-refractivity contribution in [1.82, 2.24) is 0 Å². The number of amides is 1. The van der Waals surface area contributed by atoms with Crippen LogP contribution in [0.2, 0.25) is 0 Å². The molecule has 0 saturated carbocycles. The van der Waals surface area contributed by atoms with Gasteiger partial charge in [-0.2, -0.15) is 0 Å². The highest BCUT2D eigenvalue weighted by molar-refractivity contribution is 5.92. The van der Waals surface area contributed by atoms with Crippen molar-refractivity contribution >= 4 is 23.6 Å². The number of aldehydes is 1. The Morgan fingerprint density at radius 1 is 1.29 bits per heavy atom. The minimum absolute atomic E-state index is 0.0653. The molecular weight excluding hydrogens is 312 g/mol. The number of anilines is 1. The molecule has 0 unspecified atom stereocenters. The van der Waals surface area contributed by atoms with Crippen LogP contribution < -0.4 is 10.1 Å². The van der Waals surface area contributed by atoms with Gasteiger partial charge in [0.15, 0.2) is 12.4 Å². The molecule has 124 valence electrons. The second-order valence-corrected chi connectivity index (χ2v) is 4.95. The molecule has 0 aromatic heterocycles. The van der Waals surface area contributed by atoms with Crippen molar-refractivity contribution in [3.63, 3.8) is 0 Å². The lowest BCUT2D eigenvalue weighted by Crippen LogP contribution is -2.21. The lowest BCUT2D eigenvalue weighted by molar-refractivity contribution is -0.385. The van der Waals surface area contributed by atoms with E-state index in [-0.39, 0.29) is 23.6 Å². The van der Waals surface area contributed by atoms with Crippen molar-refractivity contribution in [1.29, 1.82) is 0 Å². The van der Waals surface area contributed by atoms with E-state index in [1.165, 1.54) is 12.1 Å². The van der Waals surface area contributed by atoms with Crippen LogP contribution in [-0.4, -0.2) is 23.7 Å². The number of nitro benzene ring substituents is 1. The minimum Gasteiger partial charge on any atom is -0.477 e. The van der Waals surface area contributed by atoms with Crippen LogP contribution in [-0.2, 0) is 11.2 Å². The molecule has 0 bridgehead atoms. The first-order chi connectivity index (χ1) is 11.5. The molecule has 0 heterocycles. The van der Waals surface area contributed by atoms with Gasteiger partial charge in [-0.25, -0.2) is 0 Å². The van der Waals surface area contributed by atoms with E-state index in [4.69, 9.17) is 4.74 Å². The highest BCUT2D eigenvalue weighted by atomic mass is 16.6. The molecule has 0 aliphatic carbocycles. The van der Waals surface area contributed by atoms with Crippen molar-refractivity contribution in [2.24, 2.45) is 0 Å². The van der Waals surface area contributed by atoms with Gasteiger partial charge in [0.05, 0.1) is 4.92 Å². The summed E-state index contributed by atoms with van der Waals surface area (Å²) in [6.45, 7) is 1.60. The van der Waals surface area contributed by atoms with Crippen LogP contribution in [0.1, 0.15) is 22.8 Å². The van der Waals surface area contributed by atoms with E-state index in [0.29, 0.717) is 12.0 Å². The third kappa shape index (κ3) is 4.16. The number of nitrogens with one attached hydrogen (secondary N) is 1. The number of ether oxygens (including phenoxy) is 1. The number of nitro groups is 1. The second-order valence-electron chi connectivity index (χ2n) is 4.95. The van der Waals surface area contributed by atoms with Gasteiger partial charge in [0.25, 0.3) is 5.91 Å². The third-order valence-corrected chi connectivity index (χ3v) is 3.35. The monoisotopic (exact) mass is 328 g/mol. The zero-order valence-electron chi connectivity index (χ0n) is 13.0. The summed E-state index contributed by atoms with van der Waals surface area (Å²) >= 11 is 0. The highest BCUT2D eigenvalue weighted by Crippen LogP contribution is 2.27. The lowest BCUT2D eigenvalue weighted by atomic mass is 10.1. The normalized spacial score (nSPS) is 10.0. The summed E-state index contributed by atoms with van der Waals surface area (Å²) in [5.74, 6) is -0.491. The Labute approximate surface area is 138 Å². The van der Waals surface area contributed by atoms with Gasteiger partial charge in [-0.1, -0.05) is 25.1 Å². The van der Waals surface area contributed by atoms with E-state index >= 15 is 0 Å². The molecule has 1 amide bonds. The van der Waals surface area contributed by atoms with Crippen LogP contribution in [0.15, 0.2) is 42.5 Å². The van der Waals surface area contributed by atoms with Gasteiger partial charge in [0.2, 0.25) is 0 Å². The largest absolute Gasteiger partial charge is 0.477 e. The zero-order valence-corrected chi connectivity index (χ0v) is 13.0. The SMILES string of the molecule is CCc1ccccc1NC(=O)COc1ccc(C=O)cc1[N+](=O)[O-]. The van der Waals surface area contributed by atoms with Crippen LogP contribution in [0.3, 0.4) is 0 Å². The number of nitrogens with zero attached hydrogens (tertiary/aromatic N) is 1. The number of benzene rings is 2. The molecular formula is C17H16N2O5. The van der Waals surface area contributed by atoms with Crippen molar-refractivity contribution < 1.29 is 19.2 Å². The summed E-state index contributed by atoms with van der Waals surface area (Å²) in [6.07, 6.45) is 1.26. The summed E-state index contributed by atoms with van der Waals surface area (Å²) in [5.41, 5.74) is 1.46. The Kier molecular flexibility index (Phi) is 5.62. The maximum absolute atomic E-state index is 12.0. The Bertz CT molecular complexity index is 773. The van der Waals surface area contributed by atoms with Crippen molar-refractivity contribution in [3.8, 4) is 5.75 Å². The summed E-state index contributed by atoms with van der Waals surface area (Å²) in [5, 5.41) is 13.7. The number of hydrogen-bond acceptors (Lipinski definition) is 5. The number of hydrogen-bond donors (Lipinski definition) is 1. The molecule has 0 saturated heterocycles. The fourth-order valence-electron chi connectivity index (χ4n) is 2.15. The minimum atomic E-state index is -0.660. The average Bonchev–Trinajstić information content (AvgIpc) is 2.60. The van der Waals surface area contributed by atoms with Gasteiger partial charge in [-0.15, -0.1) is 0 Å². The third-order valence-electron chi connectivity index (χ3n) is 3.35. The van der Waals surface area contributed by atoms with Crippen LogP contribution in [0, 0.1) is 10.1 Å². The Morgan fingerprint density at radius 3 is 2.71 bits per heavy atom. The number of aryl methyl sites for hydroxylation is 1. The van der Waals surface area contributed by atoms with Gasteiger partial charge in [0, 0.05) is 17.3 Å². The number of carbonyl (C=O) groups excluding carboxylic acids is 2. The predicted octanol–water partition coefficient (Wildman–Crippen LogP) is 2.99. The van der Waals surface area contributed by atoms with Gasteiger partial charge in [-0.3, -0.25) is 19.7 Å². The summed E-state index contributed by atoms with van der Waals surface area (Å²) in [7, 11) is 0. The molecule has 0 aliphatic rings. The van der Waals surface area contributed by atoms with E-state index in [9.17, 15) is 19.7 Å². The van der Waals surface area contributed by atoms with Crippen LogP contribution in [0.4, 0.5) is 11.4 Å². The molecule has 0 atom stereocenters. The molecule has 0 fully saturated rings. The first kappa shape index (κ1) is 17.1. The Morgan fingerprint density at radius 2 is 2.04 bits per heavy atom. The fourth-order valence-corrected chi connectivity index (χ4v) is 2.15. The molecule has 0 aliphatic heterocycles. The lowest BCUT2D eigenvalue weighted by Gasteiger charge is -2.10. The summed E-state index contributed by atoms with van der Waals surface area (Å²) in [4.78, 5) is 33.0. The van der Waals surface area contributed by atoms with E-state index in [2.05, 4.69) is 5.32 Å². The summed E-state index contributed by atoms with van der Waals surface area (Å²) in [6, 6.07) is 11.2. The number of rotatable bonds is 7. The number of para-hydroxylation sites is 1. The van der Waals surface area contributed by atoms with E-state index < -0.39 is 10.8 Å². The first-order valence-corrected chi connectivity index (χ1v) is 7.29.